The predicted molar refractivity (Wildman–Crippen MR) is 170 cm³/mol. The van der Waals surface area contributed by atoms with E-state index in [0.29, 0.717) is 68.8 Å². The van der Waals surface area contributed by atoms with E-state index in [1.807, 2.05) is 24.9 Å². The first-order valence-corrected chi connectivity index (χ1v) is 15.4. The molecule has 0 radical (unpaired) electrons. The molecule has 3 aromatic carbocycles. The topological polar surface area (TPSA) is 78.3 Å². The number of hydrogen-bond acceptors (Lipinski definition) is 6. The lowest BCUT2D eigenvalue weighted by atomic mass is 10.1. The number of nitrogens with one attached hydrogen (secondary N) is 1. The highest BCUT2D eigenvalue weighted by atomic mass is 19.4. The Hall–Kier alpha value is -4.42. The number of piperazine rings is 1. The summed E-state index contributed by atoms with van der Waals surface area (Å²) >= 11 is 0. The van der Waals surface area contributed by atoms with Crippen molar-refractivity contribution in [2.24, 2.45) is 0 Å². The molecule has 1 fully saturated rings. The molecule has 1 aromatic heterocycles. The number of hydrogen-bond donors (Lipinski definition) is 1. The standard InChI is InChI=1S/C35H38F4N4O4/c1-23(12-13-41(2)21-25-6-10-31(46-3)29(36)18-25)40-33(44)32-20-27-19-26(7-11-30(27)47-32)34(45)43-16-14-42(15-17-43)22-24-4-8-28(9-5-24)35(37,38)39/h4-11,18-20,23H,12-17,21-22H2,1-3H3,(H,40,44). The minimum atomic E-state index is -4.36. The van der Waals surface area contributed by atoms with E-state index >= 15 is 0 Å². The van der Waals surface area contributed by atoms with Crippen molar-refractivity contribution in [1.29, 1.82) is 0 Å². The number of halogens is 4. The highest BCUT2D eigenvalue weighted by molar-refractivity contribution is 6.00. The normalized spacial score (nSPS) is 14.9. The molecule has 1 unspecified atom stereocenters. The number of furan rings is 1. The predicted octanol–water partition coefficient (Wildman–Crippen LogP) is 6.20. The third kappa shape index (κ3) is 8.69. The number of amides is 2. The van der Waals surface area contributed by atoms with Crippen LogP contribution in [0.25, 0.3) is 11.0 Å². The van der Waals surface area contributed by atoms with Gasteiger partial charge in [-0.3, -0.25) is 14.5 Å². The van der Waals surface area contributed by atoms with Gasteiger partial charge in [-0.25, -0.2) is 4.39 Å². The largest absolute Gasteiger partial charge is 0.494 e. The van der Waals surface area contributed by atoms with Crippen molar-refractivity contribution in [3.63, 3.8) is 0 Å². The van der Waals surface area contributed by atoms with Crippen LogP contribution in [0, 0.1) is 5.82 Å². The van der Waals surface area contributed by atoms with E-state index in [9.17, 15) is 27.2 Å². The van der Waals surface area contributed by atoms with E-state index in [0.717, 1.165) is 23.3 Å². The van der Waals surface area contributed by atoms with Crippen LogP contribution in [0.3, 0.4) is 0 Å². The maximum Gasteiger partial charge on any atom is 0.416 e. The Bertz CT molecular complexity index is 1700. The maximum atomic E-state index is 14.0. The molecular weight excluding hydrogens is 616 g/mol. The average Bonchev–Trinajstić information content (AvgIpc) is 3.48. The van der Waals surface area contributed by atoms with Gasteiger partial charge in [0.25, 0.3) is 11.8 Å². The van der Waals surface area contributed by atoms with Gasteiger partial charge in [-0.2, -0.15) is 13.2 Å². The summed E-state index contributed by atoms with van der Waals surface area (Å²) in [6, 6.07) is 16.6. The van der Waals surface area contributed by atoms with Gasteiger partial charge in [-0.05, 0) is 80.1 Å². The molecule has 47 heavy (non-hydrogen) atoms. The number of carbonyl (C=O) groups excluding carboxylic acids is 2. The Morgan fingerprint density at radius 2 is 1.68 bits per heavy atom. The molecule has 0 saturated carbocycles. The maximum absolute atomic E-state index is 14.0. The van der Waals surface area contributed by atoms with Gasteiger partial charge in [0.15, 0.2) is 17.3 Å². The van der Waals surface area contributed by atoms with Gasteiger partial charge in [0.1, 0.15) is 5.58 Å². The highest BCUT2D eigenvalue weighted by Crippen LogP contribution is 2.29. The van der Waals surface area contributed by atoms with Crippen LogP contribution in [0.2, 0.25) is 0 Å². The average molecular weight is 655 g/mol. The molecule has 250 valence electrons. The number of fused-ring (bicyclic) bond motifs is 1. The van der Waals surface area contributed by atoms with Crippen LogP contribution in [0.5, 0.6) is 5.75 Å². The summed E-state index contributed by atoms with van der Waals surface area (Å²) < 4.78 is 63.3. The van der Waals surface area contributed by atoms with E-state index in [-0.39, 0.29) is 29.4 Å². The lowest BCUT2D eigenvalue weighted by molar-refractivity contribution is -0.137. The van der Waals surface area contributed by atoms with Gasteiger partial charge in [-0.15, -0.1) is 0 Å². The molecule has 1 aliphatic rings. The summed E-state index contributed by atoms with van der Waals surface area (Å²) in [5.41, 5.74) is 1.91. The van der Waals surface area contributed by atoms with Crippen LogP contribution >= 0.6 is 0 Å². The first-order valence-electron chi connectivity index (χ1n) is 15.4. The van der Waals surface area contributed by atoms with Gasteiger partial charge in [-0.1, -0.05) is 18.2 Å². The van der Waals surface area contributed by atoms with Gasteiger partial charge in [0.05, 0.1) is 12.7 Å². The van der Waals surface area contributed by atoms with E-state index in [2.05, 4.69) is 10.2 Å². The van der Waals surface area contributed by atoms with Crippen molar-refractivity contribution in [2.45, 2.75) is 38.7 Å². The molecule has 1 atom stereocenters. The summed E-state index contributed by atoms with van der Waals surface area (Å²) in [7, 11) is 3.35. The lowest BCUT2D eigenvalue weighted by Crippen LogP contribution is -2.48. The first-order chi connectivity index (χ1) is 22.4. The molecule has 0 bridgehead atoms. The number of methoxy groups -OCH3 is 1. The molecule has 1 N–H and O–H groups in total. The van der Waals surface area contributed by atoms with Crippen LogP contribution in [-0.2, 0) is 19.3 Å². The van der Waals surface area contributed by atoms with Gasteiger partial charge in [0, 0.05) is 62.8 Å². The summed E-state index contributed by atoms with van der Waals surface area (Å²) in [4.78, 5) is 32.1. The zero-order chi connectivity index (χ0) is 33.7. The van der Waals surface area contributed by atoms with Gasteiger partial charge >= 0.3 is 6.18 Å². The third-order valence-corrected chi connectivity index (χ3v) is 8.32. The highest BCUT2D eigenvalue weighted by Gasteiger charge is 2.30. The second-order valence-corrected chi connectivity index (χ2v) is 12.0. The number of alkyl halides is 3. The number of nitrogens with zero attached hydrogens (tertiary/aromatic N) is 3. The fraction of sp³-hybridized carbons (Fsp3) is 0.371. The molecular formula is C35H38F4N4O4. The van der Waals surface area contributed by atoms with Crippen molar-refractivity contribution < 1.29 is 36.3 Å². The molecule has 5 rings (SSSR count). The van der Waals surface area contributed by atoms with Crippen molar-refractivity contribution in [2.75, 3.05) is 46.9 Å². The van der Waals surface area contributed by atoms with Crippen LogP contribution < -0.4 is 10.1 Å². The van der Waals surface area contributed by atoms with E-state index in [1.54, 1.807) is 35.2 Å². The molecule has 1 aliphatic heterocycles. The fourth-order valence-corrected chi connectivity index (χ4v) is 5.62. The Morgan fingerprint density at radius 3 is 2.34 bits per heavy atom. The number of ether oxygens (including phenoxy) is 1. The van der Waals surface area contributed by atoms with E-state index < -0.39 is 17.6 Å². The molecule has 2 heterocycles. The fourth-order valence-electron chi connectivity index (χ4n) is 5.62. The Kier molecular flexibility index (Phi) is 10.5. The van der Waals surface area contributed by atoms with Crippen molar-refractivity contribution in [3.8, 4) is 5.75 Å². The summed E-state index contributed by atoms with van der Waals surface area (Å²) in [6.07, 6.45) is -3.70. The van der Waals surface area contributed by atoms with E-state index in [1.165, 1.54) is 25.3 Å². The zero-order valence-corrected chi connectivity index (χ0v) is 26.6. The Balaban J connectivity index is 1.10. The van der Waals surface area contributed by atoms with Gasteiger partial charge in [0.2, 0.25) is 0 Å². The van der Waals surface area contributed by atoms with Crippen molar-refractivity contribution in [3.05, 3.63) is 101 Å². The lowest BCUT2D eigenvalue weighted by Gasteiger charge is -2.34. The van der Waals surface area contributed by atoms with Crippen LogP contribution in [-0.4, -0.2) is 79.4 Å². The van der Waals surface area contributed by atoms with Crippen molar-refractivity contribution >= 4 is 22.8 Å². The minimum absolute atomic E-state index is 0.136. The Labute approximate surface area is 270 Å². The summed E-state index contributed by atoms with van der Waals surface area (Å²) in [6.45, 7) is 5.79. The second-order valence-electron chi connectivity index (χ2n) is 12.0. The zero-order valence-electron chi connectivity index (χ0n) is 26.6. The monoisotopic (exact) mass is 654 g/mol. The first kappa shape index (κ1) is 33.9. The Morgan fingerprint density at radius 1 is 0.979 bits per heavy atom. The molecule has 12 heteroatoms. The van der Waals surface area contributed by atoms with Crippen LogP contribution in [0.4, 0.5) is 17.6 Å². The van der Waals surface area contributed by atoms with Crippen LogP contribution in [0.15, 0.2) is 71.1 Å². The number of benzene rings is 3. The number of rotatable bonds is 11. The molecule has 8 nitrogen and oxygen atoms in total. The molecule has 0 aliphatic carbocycles. The van der Waals surface area contributed by atoms with Crippen LogP contribution in [0.1, 0.15) is 50.9 Å². The van der Waals surface area contributed by atoms with Gasteiger partial charge < -0.3 is 24.3 Å². The molecule has 2 amide bonds. The molecule has 1 saturated heterocycles. The minimum Gasteiger partial charge on any atom is -0.494 e. The van der Waals surface area contributed by atoms with Crippen molar-refractivity contribution in [1.82, 2.24) is 20.0 Å². The number of carbonyl (C=O) groups is 2. The molecule has 4 aromatic rings. The summed E-state index contributed by atoms with van der Waals surface area (Å²) in [5.74, 6) is -0.546. The SMILES string of the molecule is COc1ccc(CN(C)CCC(C)NC(=O)c2cc3cc(C(=O)N4CCN(Cc5ccc(C(F)(F)F)cc5)CC4)ccc3o2)cc1F. The molecule has 0 spiro atoms. The smallest absolute Gasteiger partial charge is 0.416 e. The third-order valence-electron chi connectivity index (χ3n) is 8.32. The van der Waals surface area contributed by atoms with E-state index in [4.69, 9.17) is 9.15 Å². The summed E-state index contributed by atoms with van der Waals surface area (Å²) in [5, 5.41) is 3.59. The quantitative estimate of drug-likeness (QED) is 0.194. The second kappa shape index (κ2) is 14.6.